The molecule has 0 spiro atoms. The van der Waals surface area contributed by atoms with Gasteiger partial charge in [-0.2, -0.15) is 0 Å². The zero-order valence-electron chi connectivity index (χ0n) is 21.2. The van der Waals surface area contributed by atoms with Crippen molar-refractivity contribution >= 4 is 34.7 Å². The Morgan fingerprint density at radius 2 is 1.45 bits per heavy atom. The standard InChI is InChI=1S/C30H26N2O6/c1-30(2,3)38-29(36)25-23(16-32-26(33)19-12-7-8-13-20(19)27(32)34)31-22-15-9-14-21(24(22)25)28(35)37-17-18-10-5-4-6-11-18/h4-15,31H,16-17H2,1-3H3. The molecule has 5 rings (SSSR count). The number of aromatic amines is 1. The molecule has 8 heteroatoms. The Bertz CT molecular complexity index is 1540. The summed E-state index contributed by atoms with van der Waals surface area (Å²) in [6, 6.07) is 20.8. The lowest BCUT2D eigenvalue weighted by Crippen LogP contribution is -2.30. The fourth-order valence-corrected chi connectivity index (χ4v) is 4.49. The Morgan fingerprint density at radius 1 is 0.816 bits per heavy atom. The summed E-state index contributed by atoms with van der Waals surface area (Å²) in [5.41, 5.74) is 1.62. The molecule has 0 unspecified atom stereocenters. The predicted molar refractivity (Wildman–Crippen MR) is 140 cm³/mol. The Hall–Kier alpha value is -4.72. The molecule has 4 aromatic rings. The molecule has 0 radical (unpaired) electrons. The van der Waals surface area contributed by atoms with Crippen molar-refractivity contribution in [2.24, 2.45) is 0 Å². The quantitative estimate of drug-likeness (QED) is 0.280. The van der Waals surface area contributed by atoms with E-state index >= 15 is 0 Å². The van der Waals surface area contributed by atoms with E-state index < -0.39 is 29.4 Å². The Kier molecular flexibility index (Phi) is 6.32. The van der Waals surface area contributed by atoms with Gasteiger partial charge in [0.2, 0.25) is 0 Å². The van der Waals surface area contributed by atoms with Crippen molar-refractivity contribution in [1.82, 2.24) is 9.88 Å². The van der Waals surface area contributed by atoms with Crippen molar-refractivity contribution in [3.63, 3.8) is 0 Å². The van der Waals surface area contributed by atoms with Crippen molar-refractivity contribution in [2.45, 2.75) is 39.5 Å². The first-order valence-corrected chi connectivity index (χ1v) is 12.2. The van der Waals surface area contributed by atoms with Crippen molar-refractivity contribution < 1.29 is 28.7 Å². The summed E-state index contributed by atoms with van der Waals surface area (Å²) in [6.45, 7) is 5.06. The van der Waals surface area contributed by atoms with E-state index in [-0.39, 0.29) is 30.0 Å². The second-order valence-corrected chi connectivity index (χ2v) is 10.0. The molecule has 3 aromatic carbocycles. The molecule has 192 valence electrons. The molecule has 0 fully saturated rings. The number of nitrogens with one attached hydrogen (secondary N) is 1. The molecule has 0 atom stereocenters. The zero-order chi connectivity index (χ0) is 27.0. The molecule has 0 bridgehead atoms. The van der Waals surface area contributed by atoms with E-state index in [1.165, 1.54) is 0 Å². The van der Waals surface area contributed by atoms with Gasteiger partial charge in [-0.3, -0.25) is 14.5 Å². The molecular formula is C30H26N2O6. The molecule has 2 heterocycles. The number of carbonyl (C=O) groups excluding carboxylic acids is 4. The number of nitrogens with zero attached hydrogens (tertiary/aromatic N) is 1. The molecule has 0 saturated carbocycles. The van der Waals surface area contributed by atoms with E-state index in [0.29, 0.717) is 22.0 Å². The third kappa shape index (κ3) is 4.68. The van der Waals surface area contributed by atoms with Gasteiger partial charge < -0.3 is 14.5 Å². The van der Waals surface area contributed by atoms with E-state index in [9.17, 15) is 19.2 Å². The van der Waals surface area contributed by atoms with Crippen LogP contribution in [0.1, 0.15) is 73.5 Å². The number of carbonyl (C=O) groups is 4. The lowest BCUT2D eigenvalue weighted by atomic mass is 10.0. The summed E-state index contributed by atoms with van der Waals surface area (Å²) in [7, 11) is 0. The van der Waals surface area contributed by atoms with Crippen LogP contribution in [0.4, 0.5) is 0 Å². The summed E-state index contributed by atoms with van der Waals surface area (Å²) >= 11 is 0. The topological polar surface area (TPSA) is 106 Å². The van der Waals surface area contributed by atoms with Gasteiger partial charge >= 0.3 is 11.9 Å². The van der Waals surface area contributed by atoms with Crippen molar-refractivity contribution in [2.75, 3.05) is 0 Å². The van der Waals surface area contributed by atoms with Crippen LogP contribution in [-0.2, 0) is 22.6 Å². The highest BCUT2D eigenvalue weighted by Crippen LogP contribution is 2.32. The lowest BCUT2D eigenvalue weighted by Gasteiger charge is -2.21. The van der Waals surface area contributed by atoms with Gasteiger partial charge in [0.25, 0.3) is 11.8 Å². The fraction of sp³-hybridized carbons (Fsp3) is 0.200. The molecule has 2 amide bonds. The minimum absolute atomic E-state index is 0.0597. The van der Waals surface area contributed by atoms with E-state index in [1.807, 2.05) is 30.3 Å². The summed E-state index contributed by atoms with van der Waals surface area (Å²) in [4.78, 5) is 57.0. The number of rotatable bonds is 6. The van der Waals surface area contributed by atoms with Crippen molar-refractivity contribution in [1.29, 1.82) is 0 Å². The highest BCUT2D eigenvalue weighted by molar-refractivity contribution is 6.21. The van der Waals surface area contributed by atoms with Gasteiger partial charge in [0, 0.05) is 10.9 Å². The molecule has 1 N–H and O–H groups in total. The molecule has 38 heavy (non-hydrogen) atoms. The van der Waals surface area contributed by atoms with E-state index in [4.69, 9.17) is 9.47 Å². The fourth-order valence-electron chi connectivity index (χ4n) is 4.49. The average molecular weight is 511 g/mol. The number of hydrogen-bond acceptors (Lipinski definition) is 6. The van der Waals surface area contributed by atoms with Crippen LogP contribution in [-0.4, -0.2) is 39.2 Å². The minimum Gasteiger partial charge on any atom is -0.457 e. The molecule has 0 aliphatic carbocycles. The highest BCUT2D eigenvalue weighted by atomic mass is 16.6. The molecule has 1 aliphatic rings. The number of aromatic nitrogens is 1. The van der Waals surface area contributed by atoms with Crippen LogP contribution in [0.3, 0.4) is 0 Å². The second-order valence-electron chi connectivity index (χ2n) is 10.0. The Morgan fingerprint density at radius 3 is 2.08 bits per heavy atom. The number of H-pyrrole nitrogens is 1. The first-order valence-electron chi connectivity index (χ1n) is 12.2. The van der Waals surface area contributed by atoms with Crippen molar-refractivity contribution in [3.05, 3.63) is 106 Å². The molecular weight excluding hydrogens is 484 g/mol. The van der Waals surface area contributed by atoms with Gasteiger partial charge in [-0.1, -0.05) is 48.5 Å². The molecule has 8 nitrogen and oxygen atoms in total. The van der Waals surface area contributed by atoms with E-state index in [1.54, 1.807) is 63.2 Å². The first kappa shape index (κ1) is 25.0. The van der Waals surface area contributed by atoms with Crippen LogP contribution >= 0.6 is 0 Å². The second kappa shape index (κ2) is 9.63. The van der Waals surface area contributed by atoms with Gasteiger partial charge in [-0.25, -0.2) is 9.59 Å². The van der Waals surface area contributed by atoms with Crippen molar-refractivity contribution in [3.8, 4) is 0 Å². The van der Waals surface area contributed by atoms with E-state index in [2.05, 4.69) is 4.98 Å². The average Bonchev–Trinajstić information content (AvgIpc) is 3.38. The van der Waals surface area contributed by atoms with Gasteiger partial charge in [0.05, 0.1) is 34.5 Å². The predicted octanol–water partition coefficient (Wildman–Crippen LogP) is 5.28. The third-order valence-electron chi connectivity index (χ3n) is 6.13. The number of imide groups is 1. The Labute approximate surface area is 219 Å². The van der Waals surface area contributed by atoms with Gasteiger partial charge in [0.1, 0.15) is 12.2 Å². The number of esters is 2. The zero-order valence-corrected chi connectivity index (χ0v) is 21.2. The number of hydrogen-bond donors (Lipinski definition) is 1. The van der Waals surface area contributed by atoms with Gasteiger partial charge in [-0.05, 0) is 50.6 Å². The summed E-state index contributed by atoms with van der Waals surface area (Å²) in [5.74, 6) is -2.21. The van der Waals surface area contributed by atoms with Crippen LogP contribution in [0.15, 0.2) is 72.8 Å². The normalized spacial score (nSPS) is 13.1. The Balaban J connectivity index is 1.56. The molecule has 1 aromatic heterocycles. The maximum Gasteiger partial charge on any atom is 0.341 e. The third-order valence-corrected chi connectivity index (χ3v) is 6.13. The summed E-state index contributed by atoms with van der Waals surface area (Å²) in [6.07, 6.45) is 0. The number of amides is 2. The van der Waals surface area contributed by atoms with Crippen LogP contribution in [0.25, 0.3) is 10.9 Å². The van der Waals surface area contributed by atoms with Crippen LogP contribution in [0, 0.1) is 0 Å². The maximum atomic E-state index is 13.5. The first-order chi connectivity index (χ1) is 18.1. The SMILES string of the molecule is CC(C)(C)OC(=O)c1c(CN2C(=O)c3ccccc3C2=O)[nH]c2cccc(C(=O)OCc3ccccc3)c12. The summed E-state index contributed by atoms with van der Waals surface area (Å²) in [5, 5.41) is 0.312. The largest absolute Gasteiger partial charge is 0.457 e. The minimum atomic E-state index is -0.823. The van der Waals surface area contributed by atoms with E-state index in [0.717, 1.165) is 10.5 Å². The summed E-state index contributed by atoms with van der Waals surface area (Å²) < 4.78 is 11.2. The van der Waals surface area contributed by atoms with Crippen LogP contribution in [0.2, 0.25) is 0 Å². The number of fused-ring (bicyclic) bond motifs is 2. The lowest BCUT2D eigenvalue weighted by molar-refractivity contribution is 0.00686. The number of ether oxygens (including phenoxy) is 2. The molecule has 0 saturated heterocycles. The van der Waals surface area contributed by atoms with Gasteiger partial charge in [-0.15, -0.1) is 0 Å². The van der Waals surface area contributed by atoms with Crippen LogP contribution in [0.5, 0.6) is 0 Å². The molecule has 1 aliphatic heterocycles. The maximum absolute atomic E-state index is 13.5. The highest BCUT2D eigenvalue weighted by Gasteiger charge is 2.37. The number of benzene rings is 3. The van der Waals surface area contributed by atoms with Crippen LogP contribution < -0.4 is 0 Å². The van der Waals surface area contributed by atoms with Gasteiger partial charge in [0.15, 0.2) is 0 Å². The monoisotopic (exact) mass is 510 g/mol. The smallest absolute Gasteiger partial charge is 0.341 e.